The minimum absolute atomic E-state index is 0.500. The van der Waals surface area contributed by atoms with Gasteiger partial charge < -0.3 is 4.90 Å². The highest BCUT2D eigenvalue weighted by atomic mass is 79.9. The van der Waals surface area contributed by atoms with Gasteiger partial charge in [-0.25, -0.2) is 0 Å². The molecule has 0 saturated carbocycles. The Hall–Kier alpha value is -1.80. The van der Waals surface area contributed by atoms with Crippen molar-refractivity contribution in [2.75, 3.05) is 4.90 Å². The number of hydrogen-bond donors (Lipinski definition) is 0. The Kier molecular flexibility index (Phi) is 2.78. The van der Waals surface area contributed by atoms with Gasteiger partial charge in [-0.15, -0.1) is 0 Å². The normalized spacial score (nSPS) is 19.6. The van der Waals surface area contributed by atoms with Crippen LogP contribution in [0.3, 0.4) is 0 Å². The van der Waals surface area contributed by atoms with Crippen molar-refractivity contribution in [3.8, 4) is 0 Å². The molecule has 1 unspecified atom stereocenters. The number of anilines is 2. The van der Waals surface area contributed by atoms with E-state index in [9.17, 15) is 0 Å². The summed E-state index contributed by atoms with van der Waals surface area (Å²) in [4.78, 5) is 2.38. The summed E-state index contributed by atoms with van der Waals surface area (Å²) in [6.07, 6.45) is 7.77. The Balaban J connectivity index is 1.90. The first-order valence-electron chi connectivity index (χ1n) is 6.86. The van der Waals surface area contributed by atoms with E-state index < -0.39 is 0 Å². The van der Waals surface area contributed by atoms with Gasteiger partial charge in [-0.05, 0) is 48.4 Å². The highest BCUT2D eigenvalue weighted by Crippen LogP contribution is 2.50. The second-order valence-electron chi connectivity index (χ2n) is 5.18. The molecule has 0 spiro atoms. The molecule has 0 bridgehead atoms. The molecule has 98 valence electrons. The molecular formula is C18H14BrN. The third kappa shape index (κ3) is 1.75. The standard InChI is InChI=1S/C18H14BrN/c19-13-9-11-14(12-10-13)20-17-7-3-1-5-15(17)16-6-2-4-8-18(16)20/h1-5,7-12,16H,6H2. The molecule has 1 nitrogen and oxygen atoms in total. The van der Waals surface area contributed by atoms with Crippen molar-refractivity contribution in [2.45, 2.75) is 12.3 Å². The van der Waals surface area contributed by atoms with Crippen molar-refractivity contribution in [1.82, 2.24) is 0 Å². The Labute approximate surface area is 127 Å². The van der Waals surface area contributed by atoms with Crippen LogP contribution in [0.15, 0.2) is 76.9 Å². The van der Waals surface area contributed by atoms with Crippen LogP contribution in [-0.2, 0) is 0 Å². The lowest BCUT2D eigenvalue weighted by atomic mass is 9.92. The van der Waals surface area contributed by atoms with E-state index in [0.29, 0.717) is 5.92 Å². The number of halogens is 1. The molecule has 20 heavy (non-hydrogen) atoms. The fraction of sp³-hybridized carbons (Fsp3) is 0.111. The molecule has 0 aromatic heterocycles. The zero-order valence-corrected chi connectivity index (χ0v) is 12.5. The Morgan fingerprint density at radius 2 is 1.80 bits per heavy atom. The average Bonchev–Trinajstić information content (AvgIpc) is 2.83. The molecular weight excluding hydrogens is 310 g/mol. The van der Waals surface area contributed by atoms with E-state index in [1.54, 1.807) is 0 Å². The molecule has 2 aromatic carbocycles. The summed E-state index contributed by atoms with van der Waals surface area (Å²) in [7, 11) is 0. The first kappa shape index (κ1) is 12.0. The van der Waals surface area contributed by atoms with Crippen molar-refractivity contribution < 1.29 is 0 Å². The quantitative estimate of drug-likeness (QED) is 0.667. The average molecular weight is 324 g/mol. The molecule has 1 heterocycles. The van der Waals surface area contributed by atoms with Crippen LogP contribution in [0.2, 0.25) is 0 Å². The van der Waals surface area contributed by atoms with Gasteiger partial charge in [0.1, 0.15) is 0 Å². The molecule has 1 atom stereocenters. The van der Waals surface area contributed by atoms with Crippen molar-refractivity contribution in [3.05, 3.63) is 82.5 Å². The third-order valence-corrected chi connectivity index (χ3v) is 4.56. The zero-order valence-electron chi connectivity index (χ0n) is 11.0. The van der Waals surface area contributed by atoms with E-state index in [1.165, 1.54) is 22.6 Å². The van der Waals surface area contributed by atoms with Gasteiger partial charge >= 0.3 is 0 Å². The van der Waals surface area contributed by atoms with Crippen LogP contribution in [0.4, 0.5) is 11.4 Å². The van der Waals surface area contributed by atoms with Crippen molar-refractivity contribution in [1.29, 1.82) is 0 Å². The third-order valence-electron chi connectivity index (χ3n) is 4.03. The van der Waals surface area contributed by atoms with Crippen LogP contribution in [-0.4, -0.2) is 0 Å². The number of benzene rings is 2. The summed E-state index contributed by atoms with van der Waals surface area (Å²) in [6.45, 7) is 0. The lowest BCUT2D eigenvalue weighted by Crippen LogP contribution is -2.14. The maximum absolute atomic E-state index is 3.51. The summed E-state index contributed by atoms with van der Waals surface area (Å²) in [6, 6.07) is 17.3. The molecule has 1 aliphatic heterocycles. The van der Waals surface area contributed by atoms with Crippen molar-refractivity contribution >= 4 is 27.3 Å². The van der Waals surface area contributed by atoms with E-state index >= 15 is 0 Å². The van der Waals surface area contributed by atoms with E-state index in [-0.39, 0.29) is 0 Å². The number of fused-ring (bicyclic) bond motifs is 3. The maximum Gasteiger partial charge on any atom is 0.0497 e. The van der Waals surface area contributed by atoms with Crippen molar-refractivity contribution in [2.24, 2.45) is 0 Å². The fourth-order valence-electron chi connectivity index (χ4n) is 3.14. The molecule has 0 fully saturated rings. The molecule has 0 N–H and O–H groups in total. The highest BCUT2D eigenvalue weighted by Gasteiger charge is 2.34. The van der Waals surface area contributed by atoms with Gasteiger partial charge in [0.05, 0.1) is 0 Å². The second kappa shape index (κ2) is 4.64. The lowest BCUT2D eigenvalue weighted by Gasteiger charge is -2.24. The van der Waals surface area contributed by atoms with Gasteiger partial charge in [-0.2, -0.15) is 0 Å². The van der Waals surface area contributed by atoms with Gasteiger partial charge in [-0.3, -0.25) is 0 Å². The number of nitrogens with zero attached hydrogens (tertiary/aromatic N) is 1. The number of hydrogen-bond acceptors (Lipinski definition) is 1. The van der Waals surface area contributed by atoms with E-state index in [1.807, 2.05) is 0 Å². The molecule has 1 aliphatic carbocycles. The van der Waals surface area contributed by atoms with E-state index in [0.717, 1.165) is 10.9 Å². The van der Waals surface area contributed by atoms with Crippen LogP contribution in [0.1, 0.15) is 17.9 Å². The molecule has 0 saturated heterocycles. The summed E-state index contributed by atoms with van der Waals surface area (Å²) in [5.74, 6) is 0.500. The number of rotatable bonds is 1. The summed E-state index contributed by atoms with van der Waals surface area (Å²) >= 11 is 3.51. The first-order valence-corrected chi connectivity index (χ1v) is 7.65. The predicted molar refractivity (Wildman–Crippen MR) is 87.3 cm³/mol. The fourth-order valence-corrected chi connectivity index (χ4v) is 3.40. The van der Waals surface area contributed by atoms with Gasteiger partial charge in [0.2, 0.25) is 0 Å². The Bertz CT molecular complexity index is 712. The van der Waals surface area contributed by atoms with Gasteiger partial charge in [-0.1, -0.05) is 46.3 Å². The molecule has 2 aliphatic rings. The lowest BCUT2D eigenvalue weighted by molar-refractivity contribution is 0.819. The van der Waals surface area contributed by atoms with Gasteiger partial charge in [0, 0.05) is 27.5 Å². The number of para-hydroxylation sites is 1. The maximum atomic E-state index is 3.51. The summed E-state index contributed by atoms with van der Waals surface area (Å²) in [5, 5.41) is 0. The minimum Gasteiger partial charge on any atom is -0.313 e. The summed E-state index contributed by atoms with van der Waals surface area (Å²) in [5.41, 5.74) is 5.36. The Morgan fingerprint density at radius 1 is 1.00 bits per heavy atom. The van der Waals surface area contributed by atoms with Crippen LogP contribution in [0.25, 0.3) is 0 Å². The van der Waals surface area contributed by atoms with Gasteiger partial charge in [0.25, 0.3) is 0 Å². The molecule has 2 aromatic rings. The highest BCUT2D eigenvalue weighted by molar-refractivity contribution is 9.10. The minimum atomic E-state index is 0.500. The molecule has 4 rings (SSSR count). The van der Waals surface area contributed by atoms with Crippen LogP contribution in [0.5, 0.6) is 0 Å². The topological polar surface area (TPSA) is 3.24 Å². The zero-order chi connectivity index (χ0) is 13.5. The van der Waals surface area contributed by atoms with E-state index in [4.69, 9.17) is 0 Å². The first-order chi connectivity index (χ1) is 9.84. The monoisotopic (exact) mass is 323 g/mol. The van der Waals surface area contributed by atoms with Gasteiger partial charge in [0.15, 0.2) is 0 Å². The number of allylic oxidation sites excluding steroid dienone is 4. The molecule has 0 amide bonds. The van der Waals surface area contributed by atoms with Crippen molar-refractivity contribution in [3.63, 3.8) is 0 Å². The van der Waals surface area contributed by atoms with Crippen LogP contribution in [0, 0.1) is 0 Å². The van der Waals surface area contributed by atoms with E-state index in [2.05, 4.69) is 87.6 Å². The SMILES string of the molecule is Brc1ccc(N2C3=CC=CCC3c3ccccc32)cc1. The van der Waals surface area contributed by atoms with Crippen LogP contribution < -0.4 is 4.90 Å². The summed E-state index contributed by atoms with van der Waals surface area (Å²) < 4.78 is 1.11. The smallest absolute Gasteiger partial charge is 0.0497 e. The van der Waals surface area contributed by atoms with Crippen LogP contribution >= 0.6 is 15.9 Å². The molecule has 0 radical (unpaired) electrons. The predicted octanol–water partition coefficient (Wildman–Crippen LogP) is 5.53. The largest absolute Gasteiger partial charge is 0.313 e. The second-order valence-corrected chi connectivity index (χ2v) is 6.09. The Morgan fingerprint density at radius 3 is 2.65 bits per heavy atom. The molecule has 2 heteroatoms.